The number of carbonyl (C=O) groups is 1. The second-order valence-corrected chi connectivity index (χ2v) is 0.519. The Kier molecular flexibility index (Phi) is 52.0. The predicted molar refractivity (Wildman–Crippen MR) is 37.6 cm³/mol. The first-order chi connectivity index (χ1) is 1.73. The van der Waals surface area contributed by atoms with E-state index >= 15 is 0 Å². The fourth-order valence-corrected chi connectivity index (χ4v) is 0. The molecule has 0 aliphatic rings. The Balaban J connectivity index is -0.0000000150. The largest absolute Gasteiger partial charge is 0.316 e. The number of halogens is 1. The van der Waals surface area contributed by atoms with E-state index in [2.05, 4.69) is 0 Å². The SMILES string of the molecule is CC(=O)O.Cl.[CaH2].[MgH2]. The van der Waals surface area contributed by atoms with Crippen LogP contribution in [0.4, 0.5) is 0 Å². The average Bonchev–Trinajstić information content (AvgIpc) is 0.811. The van der Waals surface area contributed by atoms with Crippen molar-refractivity contribution >= 4 is 79.2 Å². The van der Waals surface area contributed by atoms with Crippen LogP contribution in [0.2, 0.25) is 0 Å². The molecular formula is C2H9CaClMgO2. The van der Waals surface area contributed by atoms with Gasteiger partial charge in [0, 0.05) is 6.92 Å². The summed E-state index contributed by atoms with van der Waals surface area (Å²) < 4.78 is 0. The molecule has 0 heterocycles. The quantitative estimate of drug-likeness (QED) is 0.452. The van der Waals surface area contributed by atoms with Crippen molar-refractivity contribution < 1.29 is 9.90 Å². The van der Waals surface area contributed by atoms with E-state index in [1.54, 1.807) is 0 Å². The minimum absolute atomic E-state index is 0. The van der Waals surface area contributed by atoms with E-state index in [0.717, 1.165) is 6.92 Å². The fraction of sp³-hybridized carbons (Fsp3) is 0.500. The summed E-state index contributed by atoms with van der Waals surface area (Å²) in [4.78, 5) is 9.00. The number of carboxylic acids is 1. The normalized spacial score (nSPS) is 3.57. The van der Waals surface area contributed by atoms with Crippen molar-refractivity contribution in [2.75, 3.05) is 0 Å². The van der Waals surface area contributed by atoms with Crippen LogP contribution in [0.1, 0.15) is 6.92 Å². The molecular weight excluding hydrogens is 156 g/mol. The predicted octanol–water partition coefficient (Wildman–Crippen LogP) is -1.32. The van der Waals surface area contributed by atoms with Gasteiger partial charge in [0.2, 0.25) is 0 Å². The molecule has 40 valence electrons. The third kappa shape index (κ3) is 81.7. The monoisotopic (exact) mass is 164 g/mol. The summed E-state index contributed by atoms with van der Waals surface area (Å²) in [6, 6.07) is 0. The molecule has 0 aromatic rings. The smallest absolute Gasteiger partial charge is 0.316 e. The molecule has 0 unspecified atom stereocenters. The van der Waals surface area contributed by atoms with Gasteiger partial charge in [-0.1, -0.05) is 0 Å². The first kappa shape index (κ1) is 23.3. The van der Waals surface area contributed by atoms with Gasteiger partial charge in [-0.2, -0.15) is 0 Å². The molecule has 0 saturated heterocycles. The van der Waals surface area contributed by atoms with E-state index in [-0.39, 0.29) is 73.2 Å². The van der Waals surface area contributed by atoms with Crippen molar-refractivity contribution in [3.05, 3.63) is 0 Å². The maximum Gasteiger partial charge on any atom is 0.316 e. The van der Waals surface area contributed by atoms with Gasteiger partial charge in [0.1, 0.15) is 0 Å². The molecule has 0 aliphatic heterocycles. The van der Waals surface area contributed by atoms with E-state index in [0.29, 0.717) is 0 Å². The molecule has 0 spiro atoms. The summed E-state index contributed by atoms with van der Waals surface area (Å²) in [6.07, 6.45) is 0. The molecule has 5 heteroatoms. The number of hydrogen-bond donors (Lipinski definition) is 1. The molecule has 0 aromatic carbocycles. The first-order valence-electron chi connectivity index (χ1n) is 0.928. The topological polar surface area (TPSA) is 37.3 Å². The van der Waals surface area contributed by atoms with Gasteiger partial charge >= 0.3 is 60.8 Å². The van der Waals surface area contributed by atoms with Crippen LogP contribution in [0.5, 0.6) is 0 Å². The first-order valence-corrected chi connectivity index (χ1v) is 0.928. The van der Waals surface area contributed by atoms with E-state index in [1.165, 1.54) is 0 Å². The van der Waals surface area contributed by atoms with Gasteiger partial charge in [-0.25, -0.2) is 0 Å². The summed E-state index contributed by atoms with van der Waals surface area (Å²) in [6.45, 7) is 1.08. The van der Waals surface area contributed by atoms with Crippen LogP contribution in [0.3, 0.4) is 0 Å². The summed E-state index contributed by atoms with van der Waals surface area (Å²) in [5.41, 5.74) is 0. The van der Waals surface area contributed by atoms with Gasteiger partial charge < -0.3 is 5.11 Å². The van der Waals surface area contributed by atoms with Crippen molar-refractivity contribution in [3.63, 3.8) is 0 Å². The molecule has 0 saturated carbocycles. The Hall–Kier alpha value is 1.79. The Labute approximate surface area is 94.6 Å². The van der Waals surface area contributed by atoms with Crippen molar-refractivity contribution in [1.29, 1.82) is 0 Å². The zero-order chi connectivity index (χ0) is 3.58. The van der Waals surface area contributed by atoms with Crippen LogP contribution in [-0.4, -0.2) is 71.9 Å². The van der Waals surface area contributed by atoms with Crippen molar-refractivity contribution in [2.45, 2.75) is 6.92 Å². The van der Waals surface area contributed by atoms with Crippen LogP contribution in [-0.2, 0) is 4.79 Å². The molecule has 0 aliphatic carbocycles. The van der Waals surface area contributed by atoms with Crippen molar-refractivity contribution in [3.8, 4) is 0 Å². The van der Waals surface area contributed by atoms with Gasteiger partial charge in [-0.3, -0.25) is 4.79 Å². The van der Waals surface area contributed by atoms with Crippen LogP contribution in [0.15, 0.2) is 0 Å². The Morgan fingerprint density at radius 2 is 1.57 bits per heavy atom. The average molecular weight is 165 g/mol. The van der Waals surface area contributed by atoms with E-state index in [4.69, 9.17) is 9.90 Å². The van der Waals surface area contributed by atoms with Gasteiger partial charge in [0.25, 0.3) is 5.97 Å². The van der Waals surface area contributed by atoms with Crippen LogP contribution >= 0.6 is 12.4 Å². The minimum Gasteiger partial charge on any atom is 0.316 e. The maximum absolute atomic E-state index is 9.00. The zero-order valence-corrected chi connectivity index (χ0v) is 3.58. The molecule has 0 amide bonds. The zero-order valence-electron chi connectivity index (χ0n) is 2.76. The van der Waals surface area contributed by atoms with Crippen LogP contribution in [0, 0.1) is 0 Å². The molecule has 0 radical (unpaired) electrons. The Bertz CT molecular complexity index is 38.7. The van der Waals surface area contributed by atoms with Crippen molar-refractivity contribution in [2.24, 2.45) is 0 Å². The molecule has 0 atom stereocenters. The van der Waals surface area contributed by atoms with Gasteiger partial charge in [-0.05, 0) is 0 Å². The van der Waals surface area contributed by atoms with E-state index in [1.807, 2.05) is 0 Å². The molecule has 0 fully saturated rings. The van der Waals surface area contributed by atoms with E-state index < -0.39 is 5.97 Å². The molecule has 0 rings (SSSR count). The van der Waals surface area contributed by atoms with Gasteiger partial charge in [0.05, 0.1) is 0 Å². The molecule has 0 bridgehead atoms. The maximum atomic E-state index is 9.00. The summed E-state index contributed by atoms with van der Waals surface area (Å²) >= 11 is 0. The molecule has 0 aromatic heterocycles. The summed E-state index contributed by atoms with van der Waals surface area (Å²) in [7, 11) is 0. The fourth-order valence-electron chi connectivity index (χ4n) is 0. The number of rotatable bonds is 0. The molecule has 1 N–H and O–H groups in total. The van der Waals surface area contributed by atoms with Gasteiger partial charge in [-0.15, -0.1) is 12.4 Å². The minimum atomic E-state index is -0.833. The van der Waals surface area contributed by atoms with Crippen molar-refractivity contribution in [1.82, 2.24) is 0 Å². The van der Waals surface area contributed by atoms with Crippen LogP contribution in [0.25, 0.3) is 0 Å². The third-order valence-corrected chi connectivity index (χ3v) is 0. The third-order valence-electron chi connectivity index (χ3n) is 0. The number of carboxylic acid groups (broad SMARTS) is 1. The standard InChI is InChI=1S/C2H4O2.Ca.ClH.Mg.4H/c1-2(3)4;;;;;;;/h1H3,(H,3,4);;1H;;;;;. The van der Waals surface area contributed by atoms with Crippen LogP contribution < -0.4 is 0 Å². The second kappa shape index (κ2) is 15.7. The number of hydrogen-bond acceptors (Lipinski definition) is 1. The molecule has 7 heavy (non-hydrogen) atoms. The summed E-state index contributed by atoms with van der Waals surface area (Å²) in [5.74, 6) is -0.833. The Morgan fingerprint density at radius 3 is 1.57 bits per heavy atom. The molecule has 2 nitrogen and oxygen atoms in total. The van der Waals surface area contributed by atoms with E-state index in [9.17, 15) is 0 Å². The van der Waals surface area contributed by atoms with Gasteiger partial charge in [0.15, 0.2) is 0 Å². The number of aliphatic carboxylic acids is 1. The second-order valence-electron chi connectivity index (χ2n) is 0.519. The summed E-state index contributed by atoms with van der Waals surface area (Å²) in [5, 5.41) is 7.42. The Morgan fingerprint density at radius 1 is 1.57 bits per heavy atom.